The van der Waals surface area contributed by atoms with E-state index in [1.54, 1.807) is 0 Å². The third-order valence-corrected chi connectivity index (χ3v) is 7.47. The number of piperazine rings is 1. The van der Waals surface area contributed by atoms with Crippen molar-refractivity contribution in [2.24, 2.45) is 11.8 Å². The minimum absolute atomic E-state index is 0.515. The normalized spacial score (nSPS) is 22.2. The van der Waals surface area contributed by atoms with Gasteiger partial charge in [0.25, 0.3) is 0 Å². The van der Waals surface area contributed by atoms with Crippen molar-refractivity contribution in [1.82, 2.24) is 14.6 Å². The van der Waals surface area contributed by atoms with E-state index in [-0.39, 0.29) is 0 Å². The Labute approximate surface area is 191 Å². The fraction of sp³-hybridized carbons (Fsp3) is 0.500. The van der Waals surface area contributed by atoms with Gasteiger partial charge < -0.3 is 9.80 Å². The number of nitrogens with one attached hydrogen (secondary N) is 1. The molecule has 4 nitrogen and oxygen atoms in total. The van der Waals surface area contributed by atoms with Crippen LogP contribution in [0.4, 0.5) is 5.82 Å². The number of pyridine rings is 1. The van der Waals surface area contributed by atoms with Gasteiger partial charge in [0, 0.05) is 43.9 Å². The molecule has 1 aliphatic heterocycles. The number of likely N-dealkylation sites (N-methyl/N-ethyl adjacent to an activating group) is 1. The van der Waals surface area contributed by atoms with E-state index >= 15 is 0 Å². The van der Waals surface area contributed by atoms with Crippen LogP contribution in [0.2, 0.25) is 0 Å². The predicted octanol–water partition coefficient (Wildman–Crippen LogP) is 5.23. The average Bonchev–Trinajstić information content (AvgIpc) is 2.82. The molecule has 1 aromatic carbocycles. The molecule has 2 aromatic rings. The van der Waals surface area contributed by atoms with Crippen LogP contribution < -0.4 is 9.62 Å². The molecule has 0 amide bonds. The van der Waals surface area contributed by atoms with Crippen molar-refractivity contribution in [3.8, 4) is 0 Å². The second-order valence-corrected chi connectivity index (χ2v) is 9.59. The largest absolute Gasteiger partial charge is 0.354 e. The molecule has 31 heavy (non-hydrogen) atoms. The quantitative estimate of drug-likeness (QED) is 0.452. The Morgan fingerprint density at radius 1 is 1.13 bits per heavy atom. The summed E-state index contributed by atoms with van der Waals surface area (Å²) in [4.78, 5) is 10.2. The van der Waals surface area contributed by atoms with Crippen molar-refractivity contribution in [2.45, 2.75) is 27.2 Å². The molecule has 1 saturated heterocycles. The van der Waals surface area contributed by atoms with Crippen LogP contribution in [0.15, 0.2) is 48.6 Å². The second kappa shape index (κ2) is 10.7. The molecule has 0 saturated carbocycles. The smallest absolute Gasteiger partial charge is 0.137 e. The van der Waals surface area contributed by atoms with Gasteiger partial charge in [-0.15, -0.1) is 0 Å². The molecule has 2 aliphatic rings. The summed E-state index contributed by atoms with van der Waals surface area (Å²) >= 11 is 1.85. The number of allylic oxidation sites excluding steroid dienone is 4. The van der Waals surface area contributed by atoms with Crippen LogP contribution in [0.25, 0.3) is 16.3 Å². The lowest BCUT2D eigenvalue weighted by atomic mass is 9.87. The highest BCUT2D eigenvalue weighted by atomic mass is 32.2. The van der Waals surface area contributed by atoms with E-state index in [4.69, 9.17) is 4.98 Å². The monoisotopic (exact) mass is 436 g/mol. The summed E-state index contributed by atoms with van der Waals surface area (Å²) in [5.41, 5.74) is 2.36. The molecule has 4 rings (SSSR count). The third kappa shape index (κ3) is 5.33. The zero-order valence-electron chi connectivity index (χ0n) is 19.2. The molecule has 0 radical (unpaired) electrons. The number of hydrogen-bond donors (Lipinski definition) is 1. The van der Waals surface area contributed by atoms with E-state index in [0.717, 1.165) is 56.5 Å². The molecule has 166 valence electrons. The van der Waals surface area contributed by atoms with Crippen molar-refractivity contribution in [1.29, 1.82) is 0 Å². The van der Waals surface area contributed by atoms with Gasteiger partial charge in [0.15, 0.2) is 0 Å². The standard InChI is InChI=1S/C26H36N4S/c1-4-12-27-31-19-23-11-10-22(17-20(23)3)25-18-21-8-6-7-9-24(21)26(28-25)30-15-13-29(5-2)14-16-30/h6-11,17-18,20,23,27H,4-5,12-16,19H2,1-3H3. The molecule has 2 unspecified atom stereocenters. The number of nitrogens with zero attached hydrogens (tertiary/aromatic N) is 3. The first kappa shape index (κ1) is 22.4. The van der Waals surface area contributed by atoms with Gasteiger partial charge in [-0.05, 0) is 41.8 Å². The van der Waals surface area contributed by atoms with Crippen LogP contribution >= 0.6 is 11.9 Å². The fourth-order valence-corrected chi connectivity index (χ4v) is 5.49. The number of rotatable bonds is 8. The van der Waals surface area contributed by atoms with Gasteiger partial charge >= 0.3 is 0 Å². The molecule has 0 bridgehead atoms. The number of fused-ring (bicyclic) bond motifs is 1. The van der Waals surface area contributed by atoms with Crippen molar-refractivity contribution >= 4 is 34.1 Å². The van der Waals surface area contributed by atoms with Crippen molar-refractivity contribution in [3.05, 3.63) is 54.3 Å². The van der Waals surface area contributed by atoms with Gasteiger partial charge in [-0.2, -0.15) is 0 Å². The van der Waals surface area contributed by atoms with E-state index in [1.807, 2.05) is 11.9 Å². The topological polar surface area (TPSA) is 31.4 Å². The van der Waals surface area contributed by atoms with Crippen LogP contribution in [0.5, 0.6) is 0 Å². The maximum absolute atomic E-state index is 5.22. The fourth-order valence-electron chi connectivity index (χ4n) is 4.42. The summed E-state index contributed by atoms with van der Waals surface area (Å²) in [6, 6.07) is 11.0. The van der Waals surface area contributed by atoms with Crippen LogP contribution in [-0.2, 0) is 0 Å². The third-order valence-electron chi connectivity index (χ3n) is 6.51. The molecular formula is C26H36N4S. The maximum Gasteiger partial charge on any atom is 0.137 e. The summed E-state index contributed by atoms with van der Waals surface area (Å²) in [7, 11) is 0. The molecule has 2 atom stereocenters. The molecule has 2 heterocycles. The zero-order valence-corrected chi connectivity index (χ0v) is 20.0. The predicted molar refractivity (Wildman–Crippen MR) is 137 cm³/mol. The highest BCUT2D eigenvalue weighted by molar-refractivity contribution is 7.97. The Hall–Kier alpha value is -1.82. The van der Waals surface area contributed by atoms with Crippen LogP contribution in [0, 0.1) is 11.8 Å². The van der Waals surface area contributed by atoms with Gasteiger partial charge in [-0.3, -0.25) is 4.72 Å². The van der Waals surface area contributed by atoms with E-state index < -0.39 is 0 Å². The first-order chi connectivity index (χ1) is 15.2. The Balaban J connectivity index is 1.57. The Morgan fingerprint density at radius 3 is 2.68 bits per heavy atom. The van der Waals surface area contributed by atoms with E-state index in [9.17, 15) is 0 Å². The number of hydrogen-bond acceptors (Lipinski definition) is 5. The summed E-state index contributed by atoms with van der Waals surface area (Å²) in [6.45, 7) is 13.3. The van der Waals surface area contributed by atoms with Crippen molar-refractivity contribution in [3.63, 3.8) is 0 Å². The molecule has 1 aliphatic carbocycles. The molecule has 1 N–H and O–H groups in total. The van der Waals surface area contributed by atoms with Crippen LogP contribution in [0.1, 0.15) is 32.9 Å². The first-order valence-electron chi connectivity index (χ1n) is 11.8. The van der Waals surface area contributed by atoms with Gasteiger partial charge in [-0.1, -0.05) is 75.2 Å². The summed E-state index contributed by atoms with van der Waals surface area (Å²) in [5, 5.41) is 2.55. The lowest BCUT2D eigenvalue weighted by molar-refractivity contribution is 0.271. The van der Waals surface area contributed by atoms with Gasteiger partial charge in [0.2, 0.25) is 0 Å². The van der Waals surface area contributed by atoms with E-state index in [2.05, 4.69) is 83.9 Å². The minimum atomic E-state index is 0.515. The van der Waals surface area contributed by atoms with Gasteiger partial charge in [-0.25, -0.2) is 4.98 Å². The van der Waals surface area contributed by atoms with E-state index in [1.165, 1.54) is 22.8 Å². The summed E-state index contributed by atoms with van der Waals surface area (Å²) in [6.07, 6.45) is 8.27. The lowest BCUT2D eigenvalue weighted by Crippen LogP contribution is -2.46. The van der Waals surface area contributed by atoms with Crippen LogP contribution in [-0.4, -0.2) is 54.9 Å². The van der Waals surface area contributed by atoms with Crippen LogP contribution in [0.3, 0.4) is 0 Å². The number of benzene rings is 1. The molecule has 1 aromatic heterocycles. The summed E-state index contributed by atoms with van der Waals surface area (Å²) < 4.78 is 3.46. The Kier molecular flexibility index (Phi) is 7.70. The Morgan fingerprint density at radius 2 is 1.94 bits per heavy atom. The van der Waals surface area contributed by atoms with Crippen molar-refractivity contribution in [2.75, 3.05) is 49.9 Å². The minimum Gasteiger partial charge on any atom is -0.354 e. The molecular weight excluding hydrogens is 400 g/mol. The highest BCUT2D eigenvalue weighted by Gasteiger charge is 2.22. The zero-order chi connectivity index (χ0) is 21.6. The maximum atomic E-state index is 5.22. The Bertz CT molecular complexity index is 930. The number of anilines is 1. The SMILES string of the molecule is CCCNSCC1C=CC(c2cc3ccccc3c(N3CCN(CC)CC3)n2)=CC1C. The van der Waals surface area contributed by atoms with E-state index in [0.29, 0.717) is 11.8 Å². The highest BCUT2D eigenvalue weighted by Crippen LogP contribution is 2.33. The van der Waals surface area contributed by atoms with Gasteiger partial charge in [0.05, 0.1) is 5.69 Å². The second-order valence-electron chi connectivity index (χ2n) is 8.68. The lowest BCUT2D eigenvalue weighted by Gasteiger charge is -2.35. The number of aromatic nitrogens is 1. The molecule has 1 fully saturated rings. The summed E-state index contributed by atoms with van der Waals surface area (Å²) in [5.74, 6) is 3.34. The van der Waals surface area contributed by atoms with Gasteiger partial charge in [0.1, 0.15) is 5.82 Å². The average molecular weight is 437 g/mol. The molecule has 5 heteroatoms. The molecule has 0 spiro atoms. The van der Waals surface area contributed by atoms with Crippen molar-refractivity contribution < 1.29 is 0 Å². The first-order valence-corrected chi connectivity index (χ1v) is 12.8.